The van der Waals surface area contributed by atoms with E-state index in [0.29, 0.717) is 36.0 Å². The van der Waals surface area contributed by atoms with E-state index in [0.717, 1.165) is 16.9 Å². The third kappa shape index (κ3) is 6.22. The SMILES string of the molecule is COc1ccccc1CNCCc1cc(OC)c(NC(=O)Nc2cnc(N)cn2)cc1Cl. The lowest BCUT2D eigenvalue weighted by molar-refractivity contribution is 0.262. The van der Waals surface area contributed by atoms with Crippen molar-refractivity contribution < 1.29 is 14.3 Å². The van der Waals surface area contributed by atoms with Crippen LogP contribution in [0.4, 0.5) is 22.1 Å². The Kier molecular flexibility index (Phi) is 8.07. The third-order valence-corrected chi connectivity index (χ3v) is 4.96. The first-order valence-electron chi connectivity index (χ1n) is 9.84. The van der Waals surface area contributed by atoms with Gasteiger partial charge in [-0.05, 0) is 36.7 Å². The van der Waals surface area contributed by atoms with Crippen molar-refractivity contribution >= 4 is 35.0 Å². The summed E-state index contributed by atoms with van der Waals surface area (Å²) in [4.78, 5) is 20.1. The summed E-state index contributed by atoms with van der Waals surface area (Å²) >= 11 is 6.45. The van der Waals surface area contributed by atoms with Crippen LogP contribution in [0.3, 0.4) is 0 Å². The van der Waals surface area contributed by atoms with Gasteiger partial charge in [-0.25, -0.2) is 14.8 Å². The van der Waals surface area contributed by atoms with Gasteiger partial charge in [0.2, 0.25) is 0 Å². The minimum atomic E-state index is -0.510. The summed E-state index contributed by atoms with van der Waals surface area (Å²) in [5.74, 6) is 1.86. The lowest BCUT2D eigenvalue weighted by atomic mass is 10.1. The van der Waals surface area contributed by atoms with Crippen molar-refractivity contribution in [2.24, 2.45) is 0 Å². The van der Waals surface area contributed by atoms with Crippen molar-refractivity contribution in [1.82, 2.24) is 15.3 Å². The molecule has 1 aromatic heterocycles. The van der Waals surface area contributed by atoms with Crippen LogP contribution in [0.15, 0.2) is 48.8 Å². The summed E-state index contributed by atoms with van der Waals surface area (Å²) in [5.41, 5.74) is 7.90. The van der Waals surface area contributed by atoms with E-state index >= 15 is 0 Å². The number of methoxy groups -OCH3 is 2. The molecule has 5 N–H and O–H groups in total. The molecule has 3 aromatic rings. The van der Waals surface area contributed by atoms with Crippen LogP contribution in [-0.2, 0) is 13.0 Å². The maximum atomic E-state index is 12.3. The fraction of sp³-hybridized carbons (Fsp3) is 0.227. The highest BCUT2D eigenvalue weighted by atomic mass is 35.5. The van der Waals surface area contributed by atoms with E-state index in [1.165, 1.54) is 19.5 Å². The summed E-state index contributed by atoms with van der Waals surface area (Å²) in [5, 5.41) is 9.19. The van der Waals surface area contributed by atoms with Crippen LogP contribution < -0.4 is 31.2 Å². The van der Waals surface area contributed by atoms with E-state index in [9.17, 15) is 4.79 Å². The molecule has 0 unspecified atom stereocenters. The molecule has 168 valence electrons. The maximum Gasteiger partial charge on any atom is 0.325 e. The number of nitrogen functional groups attached to an aromatic ring is 1. The van der Waals surface area contributed by atoms with Gasteiger partial charge in [0.25, 0.3) is 0 Å². The van der Waals surface area contributed by atoms with Crippen molar-refractivity contribution in [3.8, 4) is 11.5 Å². The molecule has 0 aliphatic heterocycles. The summed E-state index contributed by atoms with van der Waals surface area (Å²) < 4.78 is 10.8. The molecule has 0 aliphatic carbocycles. The molecular formula is C22H25ClN6O3. The highest BCUT2D eigenvalue weighted by Crippen LogP contribution is 2.31. The first-order valence-corrected chi connectivity index (χ1v) is 10.2. The molecule has 0 atom stereocenters. The molecule has 0 spiro atoms. The normalized spacial score (nSPS) is 10.5. The molecule has 0 fully saturated rings. The van der Waals surface area contributed by atoms with Crippen LogP contribution in [-0.4, -0.2) is 36.8 Å². The molecule has 0 aliphatic rings. The Morgan fingerprint density at radius 2 is 1.81 bits per heavy atom. The molecule has 0 saturated carbocycles. The number of anilines is 3. The summed E-state index contributed by atoms with van der Waals surface area (Å²) in [7, 11) is 3.19. The number of aromatic nitrogens is 2. The third-order valence-electron chi connectivity index (χ3n) is 4.61. The van der Waals surface area contributed by atoms with Crippen molar-refractivity contribution in [3.05, 3.63) is 64.9 Å². The standard InChI is InChI=1S/C22H25ClN6O3/c1-31-18-6-4-3-5-15(18)11-25-8-7-14-9-19(32-2)17(10-16(14)23)28-22(30)29-21-13-26-20(24)12-27-21/h3-6,9-10,12-13,25H,7-8,11H2,1-2H3,(H2,24,26)(H2,27,28,29,30). The van der Waals surface area contributed by atoms with E-state index < -0.39 is 6.03 Å². The van der Waals surface area contributed by atoms with Gasteiger partial charge in [-0.3, -0.25) is 5.32 Å². The topological polar surface area (TPSA) is 123 Å². The van der Waals surface area contributed by atoms with E-state index in [2.05, 4.69) is 25.9 Å². The number of urea groups is 1. The number of nitrogens with one attached hydrogen (secondary N) is 3. The zero-order chi connectivity index (χ0) is 22.9. The van der Waals surface area contributed by atoms with Gasteiger partial charge < -0.3 is 25.8 Å². The molecule has 2 aromatic carbocycles. The molecule has 3 rings (SSSR count). The van der Waals surface area contributed by atoms with Gasteiger partial charge in [-0.1, -0.05) is 29.8 Å². The first-order chi connectivity index (χ1) is 15.5. The average Bonchev–Trinajstić information content (AvgIpc) is 2.79. The number of para-hydroxylation sites is 1. The number of amides is 2. The van der Waals surface area contributed by atoms with Gasteiger partial charge in [-0.15, -0.1) is 0 Å². The van der Waals surface area contributed by atoms with Gasteiger partial charge in [0.1, 0.15) is 17.3 Å². The van der Waals surface area contributed by atoms with E-state index in [-0.39, 0.29) is 11.6 Å². The molecule has 1 heterocycles. The lowest BCUT2D eigenvalue weighted by Crippen LogP contribution is -2.21. The quantitative estimate of drug-likeness (QED) is 0.362. The van der Waals surface area contributed by atoms with E-state index in [1.807, 2.05) is 30.3 Å². The molecule has 0 radical (unpaired) electrons. The van der Waals surface area contributed by atoms with Crippen LogP contribution in [0.5, 0.6) is 11.5 Å². The summed E-state index contributed by atoms with van der Waals surface area (Å²) in [6.45, 7) is 1.37. The second-order valence-electron chi connectivity index (χ2n) is 6.79. The molecule has 0 bridgehead atoms. The Morgan fingerprint density at radius 3 is 2.53 bits per heavy atom. The van der Waals surface area contributed by atoms with Gasteiger partial charge in [0.15, 0.2) is 5.82 Å². The van der Waals surface area contributed by atoms with E-state index in [4.69, 9.17) is 26.8 Å². The highest BCUT2D eigenvalue weighted by molar-refractivity contribution is 6.31. The minimum absolute atomic E-state index is 0.261. The summed E-state index contributed by atoms with van der Waals surface area (Å²) in [6, 6.07) is 10.8. The van der Waals surface area contributed by atoms with Crippen molar-refractivity contribution in [2.45, 2.75) is 13.0 Å². The Balaban J connectivity index is 1.59. The average molecular weight is 457 g/mol. The fourth-order valence-corrected chi connectivity index (χ4v) is 3.28. The fourth-order valence-electron chi connectivity index (χ4n) is 3.02. The number of nitrogens with zero attached hydrogens (tertiary/aromatic N) is 2. The molecule has 0 saturated heterocycles. The van der Waals surface area contributed by atoms with Crippen LogP contribution in [0.25, 0.3) is 0 Å². The molecule has 10 heteroatoms. The zero-order valence-corrected chi connectivity index (χ0v) is 18.6. The predicted octanol–water partition coefficient (Wildman–Crippen LogP) is 3.71. The molecule has 32 heavy (non-hydrogen) atoms. The number of hydrogen-bond acceptors (Lipinski definition) is 7. The van der Waals surface area contributed by atoms with E-state index in [1.54, 1.807) is 13.2 Å². The second kappa shape index (κ2) is 11.2. The highest BCUT2D eigenvalue weighted by Gasteiger charge is 2.13. The number of nitrogens with two attached hydrogens (primary N) is 1. The molecule has 2 amide bonds. The Labute approximate surface area is 191 Å². The van der Waals surface area contributed by atoms with Gasteiger partial charge >= 0.3 is 6.03 Å². The minimum Gasteiger partial charge on any atom is -0.496 e. The summed E-state index contributed by atoms with van der Waals surface area (Å²) in [6.07, 6.45) is 3.39. The maximum absolute atomic E-state index is 12.3. The number of rotatable bonds is 9. The lowest BCUT2D eigenvalue weighted by Gasteiger charge is -2.14. The Bertz CT molecular complexity index is 1060. The smallest absolute Gasteiger partial charge is 0.325 e. The van der Waals surface area contributed by atoms with Crippen LogP contribution in [0, 0.1) is 0 Å². The van der Waals surface area contributed by atoms with Crippen molar-refractivity contribution in [3.63, 3.8) is 0 Å². The molecule has 9 nitrogen and oxygen atoms in total. The first kappa shape index (κ1) is 23.1. The van der Waals surface area contributed by atoms with Crippen LogP contribution in [0.2, 0.25) is 5.02 Å². The number of halogens is 1. The second-order valence-corrected chi connectivity index (χ2v) is 7.20. The van der Waals surface area contributed by atoms with Crippen molar-refractivity contribution in [2.75, 3.05) is 37.1 Å². The van der Waals surface area contributed by atoms with Gasteiger partial charge in [-0.2, -0.15) is 0 Å². The monoisotopic (exact) mass is 456 g/mol. The van der Waals surface area contributed by atoms with Crippen LogP contribution >= 0.6 is 11.6 Å². The van der Waals surface area contributed by atoms with Crippen LogP contribution in [0.1, 0.15) is 11.1 Å². The number of carbonyl (C=O) groups excluding carboxylic acids is 1. The largest absolute Gasteiger partial charge is 0.496 e. The Morgan fingerprint density at radius 1 is 1.03 bits per heavy atom. The number of hydrogen-bond donors (Lipinski definition) is 4. The zero-order valence-electron chi connectivity index (χ0n) is 17.8. The predicted molar refractivity (Wildman–Crippen MR) is 125 cm³/mol. The number of carbonyl (C=O) groups is 1. The van der Waals surface area contributed by atoms with Gasteiger partial charge in [0, 0.05) is 17.1 Å². The van der Waals surface area contributed by atoms with Gasteiger partial charge in [0.05, 0.1) is 32.3 Å². The number of benzene rings is 2. The molecular weight excluding hydrogens is 432 g/mol. The van der Waals surface area contributed by atoms with Crippen molar-refractivity contribution in [1.29, 1.82) is 0 Å². The Hall–Kier alpha value is -3.56. The number of ether oxygens (including phenoxy) is 2.